The number of aromatic nitrogens is 1. The number of carbonyl (C=O) groups excluding carboxylic acids is 3. The molecule has 0 unspecified atom stereocenters. The van der Waals surface area contributed by atoms with Crippen molar-refractivity contribution in [1.29, 1.82) is 0 Å². The number of fused-ring (bicyclic) bond motifs is 1. The molecular formula is C21H26N4O3. The van der Waals surface area contributed by atoms with Gasteiger partial charge in [0.2, 0.25) is 11.8 Å². The smallest absolute Gasteiger partial charge is 0.246 e. The Balaban J connectivity index is 1.45. The first-order valence-corrected chi connectivity index (χ1v) is 9.83. The Hall–Kier alpha value is -2.54. The maximum atomic E-state index is 12.7. The fraction of sp³-hybridized carbons (Fsp3) is 0.524. The number of likely N-dealkylation sites (tertiary alicyclic amines) is 2. The first kappa shape index (κ1) is 18.8. The Bertz CT molecular complexity index is 849. The molecule has 7 heteroatoms. The highest BCUT2D eigenvalue weighted by molar-refractivity contribution is 5.98. The van der Waals surface area contributed by atoms with E-state index in [2.05, 4.69) is 22.2 Å². The lowest BCUT2D eigenvalue weighted by Gasteiger charge is -2.42. The number of ketones is 1. The van der Waals surface area contributed by atoms with Gasteiger partial charge in [-0.3, -0.25) is 14.4 Å². The molecule has 7 nitrogen and oxygen atoms in total. The number of rotatable bonds is 3. The minimum atomic E-state index is -0.349. The normalized spacial score (nSPS) is 22.1. The molecule has 1 aromatic rings. The zero-order valence-electron chi connectivity index (χ0n) is 16.4. The lowest BCUT2D eigenvalue weighted by molar-refractivity contribution is -0.137. The molecule has 0 aliphatic carbocycles. The molecule has 0 bridgehead atoms. The van der Waals surface area contributed by atoms with Crippen LogP contribution >= 0.6 is 0 Å². The molecule has 2 saturated heterocycles. The monoisotopic (exact) mass is 382 g/mol. The van der Waals surface area contributed by atoms with Gasteiger partial charge < -0.3 is 15.1 Å². The lowest BCUT2D eigenvalue weighted by Crippen LogP contribution is -2.51. The molecule has 1 aromatic heterocycles. The summed E-state index contributed by atoms with van der Waals surface area (Å²) < 4.78 is 0. The van der Waals surface area contributed by atoms with Crippen LogP contribution < -0.4 is 5.32 Å². The van der Waals surface area contributed by atoms with E-state index in [0.717, 1.165) is 37.1 Å². The summed E-state index contributed by atoms with van der Waals surface area (Å²) in [6, 6.07) is 2.01. The maximum Gasteiger partial charge on any atom is 0.246 e. The van der Waals surface area contributed by atoms with Crippen LogP contribution in [-0.4, -0.2) is 65.6 Å². The third-order valence-corrected chi connectivity index (χ3v) is 6.36. The van der Waals surface area contributed by atoms with Crippen LogP contribution in [0.2, 0.25) is 0 Å². The van der Waals surface area contributed by atoms with Crippen molar-refractivity contribution in [2.75, 3.05) is 38.5 Å². The van der Waals surface area contributed by atoms with Crippen molar-refractivity contribution in [3.05, 3.63) is 29.5 Å². The average molecular weight is 382 g/mol. The van der Waals surface area contributed by atoms with Crippen LogP contribution in [-0.2, 0) is 20.8 Å². The summed E-state index contributed by atoms with van der Waals surface area (Å²) in [4.78, 5) is 44.5. The third-order valence-electron chi connectivity index (χ3n) is 6.36. The van der Waals surface area contributed by atoms with Crippen molar-refractivity contribution >= 4 is 29.5 Å². The quantitative estimate of drug-likeness (QED) is 0.798. The molecule has 0 aromatic carbocycles. The maximum absolute atomic E-state index is 12.7. The molecular weight excluding hydrogens is 356 g/mol. The number of Topliss-reactive ketones (excluding diaryl/α,β-unsaturated/α-hetero) is 1. The van der Waals surface area contributed by atoms with E-state index in [1.54, 1.807) is 24.1 Å². The van der Waals surface area contributed by atoms with Gasteiger partial charge in [0.05, 0.1) is 11.3 Å². The lowest BCUT2D eigenvalue weighted by atomic mass is 9.71. The van der Waals surface area contributed by atoms with Crippen LogP contribution in [0.5, 0.6) is 0 Å². The van der Waals surface area contributed by atoms with E-state index in [-0.39, 0.29) is 28.9 Å². The van der Waals surface area contributed by atoms with Gasteiger partial charge in [-0.1, -0.05) is 0 Å². The molecule has 0 radical (unpaired) electrons. The summed E-state index contributed by atoms with van der Waals surface area (Å²) in [5, 5.41) is 2.98. The molecule has 1 N–H and O–H groups in total. The predicted octanol–water partition coefficient (Wildman–Crippen LogP) is 1.35. The molecule has 1 spiro atoms. The first-order chi connectivity index (χ1) is 13.4. The van der Waals surface area contributed by atoms with E-state index < -0.39 is 0 Å². The van der Waals surface area contributed by atoms with Gasteiger partial charge in [0.1, 0.15) is 11.6 Å². The van der Waals surface area contributed by atoms with E-state index >= 15 is 0 Å². The van der Waals surface area contributed by atoms with Crippen molar-refractivity contribution in [3.63, 3.8) is 0 Å². The fourth-order valence-electron chi connectivity index (χ4n) is 4.19. The number of piperidine rings is 1. The molecule has 0 atom stereocenters. The number of anilines is 1. The van der Waals surface area contributed by atoms with Gasteiger partial charge in [-0.05, 0) is 69.6 Å². The van der Waals surface area contributed by atoms with E-state index in [1.165, 1.54) is 6.08 Å². The van der Waals surface area contributed by atoms with Crippen molar-refractivity contribution in [2.24, 2.45) is 11.3 Å². The zero-order valence-corrected chi connectivity index (χ0v) is 16.4. The van der Waals surface area contributed by atoms with Crippen LogP contribution in [0.4, 0.5) is 5.82 Å². The number of carbonyl (C=O) groups is 3. The van der Waals surface area contributed by atoms with Crippen LogP contribution in [0.3, 0.4) is 0 Å². The van der Waals surface area contributed by atoms with Gasteiger partial charge in [-0.25, -0.2) is 4.98 Å². The van der Waals surface area contributed by atoms with Gasteiger partial charge in [0, 0.05) is 25.4 Å². The molecule has 2 fully saturated rings. The summed E-state index contributed by atoms with van der Waals surface area (Å²) in [6.45, 7) is 4.41. The fourth-order valence-corrected chi connectivity index (χ4v) is 4.19. The summed E-state index contributed by atoms with van der Waals surface area (Å²) in [7, 11) is 2.08. The molecule has 28 heavy (non-hydrogen) atoms. The van der Waals surface area contributed by atoms with Crippen molar-refractivity contribution < 1.29 is 14.4 Å². The molecule has 4 rings (SSSR count). The Morgan fingerprint density at radius 2 is 2.00 bits per heavy atom. The number of hydrogen-bond donors (Lipinski definition) is 1. The number of nitrogens with one attached hydrogen (secondary N) is 1. The number of nitrogens with zero attached hydrogens (tertiary/aromatic N) is 3. The van der Waals surface area contributed by atoms with Gasteiger partial charge in [0.15, 0.2) is 0 Å². The highest BCUT2D eigenvalue weighted by Crippen LogP contribution is 2.40. The van der Waals surface area contributed by atoms with Crippen LogP contribution in [0.25, 0.3) is 6.08 Å². The van der Waals surface area contributed by atoms with Gasteiger partial charge in [0.25, 0.3) is 0 Å². The Morgan fingerprint density at radius 1 is 1.29 bits per heavy atom. The molecule has 3 aliphatic heterocycles. The van der Waals surface area contributed by atoms with Gasteiger partial charge in [-0.15, -0.1) is 0 Å². The minimum absolute atomic E-state index is 0.0166. The van der Waals surface area contributed by atoms with E-state index in [0.29, 0.717) is 25.3 Å². The zero-order chi connectivity index (χ0) is 19.9. The predicted molar refractivity (Wildman–Crippen MR) is 106 cm³/mol. The van der Waals surface area contributed by atoms with Crippen LogP contribution in [0.15, 0.2) is 18.3 Å². The highest BCUT2D eigenvalue weighted by Gasteiger charge is 2.44. The van der Waals surface area contributed by atoms with Crippen molar-refractivity contribution in [2.45, 2.75) is 26.2 Å². The van der Waals surface area contributed by atoms with E-state index in [1.807, 2.05) is 6.07 Å². The first-order valence-electron chi connectivity index (χ1n) is 9.83. The number of amides is 2. The van der Waals surface area contributed by atoms with Crippen molar-refractivity contribution in [3.8, 4) is 0 Å². The summed E-state index contributed by atoms with van der Waals surface area (Å²) in [5.74, 6) is 0.742. The van der Waals surface area contributed by atoms with Crippen LogP contribution in [0.1, 0.15) is 30.9 Å². The minimum Gasteiger partial charge on any atom is -0.338 e. The highest BCUT2D eigenvalue weighted by atomic mass is 16.2. The second-order valence-electron chi connectivity index (χ2n) is 8.38. The SMILES string of the molecule is CC(=O)C1CN(C(=O)C=Cc2cnc3c(c2)CC2(CCN(C)CC2)C(=O)N3)C1. The van der Waals surface area contributed by atoms with E-state index in [9.17, 15) is 14.4 Å². The topological polar surface area (TPSA) is 82.6 Å². The second kappa shape index (κ2) is 7.13. The molecule has 3 aliphatic rings. The second-order valence-corrected chi connectivity index (χ2v) is 8.38. The molecule has 148 valence electrons. The summed E-state index contributed by atoms with van der Waals surface area (Å²) >= 11 is 0. The Morgan fingerprint density at radius 3 is 2.68 bits per heavy atom. The van der Waals surface area contributed by atoms with Crippen LogP contribution in [0, 0.1) is 11.3 Å². The average Bonchev–Trinajstić information content (AvgIpc) is 2.62. The molecule has 0 saturated carbocycles. The number of pyridine rings is 1. The van der Waals surface area contributed by atoms with Gasteiger partial charge >= 0.3 is 0 Å². The molecule has 2 amide bonds. The van der Waals surface area contributed by atoms with Crippen molar-refractivity contribution in [1.82, 2.24) is 14.8 Å². The largest absolute Gasteiger partial charge is 0.338 e. The van der Waals surface area contributed by atoms with E-state index in [4.69, 9.17) is 0 Å². The Kier molecular flexibility index (Phi) is 4.79. The summed E-state index contributed by atoms with van der Waals surface area (Å²) in [6.07, 6.45) is 7.35. The number of hydrogen-bond acceptors (Lipinski definition) is 5. The molecule has 4 heterocycles. The third kappa shape index (κ3) is 3.46. The summed E-state index contributed by atoms with van der Waals surface area (Å²) in [5.41, 5.74) is 1.52. The standard InChI is InChI=1S/C21H26N4O3/c1-14(26)17-12-25(13-17)18(27)4-3-15-9-16-10-21(5-7-24(2)8-6-21)20(28)23-19(16)22-11-15/h3-4,9,11,17H,5-8,10,12-13H2,1-2H3,(H,22,23,28). The van der Waals surface area contributed by atoms with Gasteiger partial charge in [-0.2, -0.15) is 0 Å². The Labute approximate surface area is 164 Å².